The molecule has 0 aliphatic rings. The molecule has 0 N–H and O–H groups in total. The second kappa shape index (κ2) is 8.15. The average molecular weight is 375 g/mol. The SMILES string of the molecule is C[C@@H](C=O)[C@@H](O[Si](C)(C)C(C)(C)C)[C@@H](C)CO[Si](C)(C)C(C)(C)C. The second-order valence-electron chi connectivity index (χ2n) is 10.4. The Balaban J connectivity index is 5.18. The van der Waals surface area contributed by atoms with Crippen LogP contribution in [0, 0.1) is 11.8 Å². The Kier molecular flexibility index (Phi) is 8.16. The van der Waals surface area contributed by atoms with Crippen LogP contribution in [0.3, 0.4) is 0 Å². The third-order valence-corrected chi connectivity index (χ3v) is 15.0. The number of hydrogen-bond donors (Lipinski definition) is 0. The molecule has 0 spiro atoms. The second-order valence-corrected chi connectivity index (χ2v) is 20.0. The minimum atomic E-state index is -1.92. The highest BCUT2D eigenvalue weighted by molar-refractivity contribution is 6.74. The van der Waals surface area contributed by atoms with E-state index in [0.717, 1.165) is 6.29 Å². The zero-order valence-corrected chi connectivity index (χ0v) is 20.2. The molecule has 0 aliphatic heterocycles. The highest BCUT2D eigenvalue weighted by Gasteiger charge is 2.42. The lowest BCUT2D eigenvalue weighted by atomic mass is 9.95. The molecule has 0 radical (unpaired) electrons. The molecule has 0 saturated heterocycles. The zero-order chi connectivity index (χ0) is 19.6. The molecule has 0 aromatic rings. The lowest BCUT2D eigenvalue weighted by Gasteiger charge is -2.43. The number of aldehydes is 1. The van der Waals surface area contributed by atoms with Crippen molar-refractivity contribution < 1.29 is 13.6 Å². The smallest absolute Gasteiger partial charge is 0.192 e. The Hall–Kier alpha value is 0.0238. The third kappa shape index (κ3) is 6.39. The van der Waals surface area contributed by atoms with Gasteiger partial charge in [-0.2, -0.15) is 0 Å². The Morgan fingerprint density at radius 1 is 0.875 bits per heavy atom. The first-order valence-electron chi connectivity index (χ1n) is 9.23. The van der Waals surface area contributed by atoms with Gasteiger partial charge in [0.05, 0.1) is 6.10 Å². The maximum atomic E-state index is 11.4. The molecule has 0 aromatic carbocycles. The van der Waals surface area contributed by atoms with Crippen LogP contribution in [0.4, 0.5) is 0 Å². The summed E-state index contributed by atoms with van der Waals surface area (Å²) in [5, 5.41) is 0.326. The van der Waals surface area contributed by atoms with Crippen molar-refractivity contribution in [3.63, 3.8) is 0 Å². The topological polar surface area (TPSA) is 35.5 Å². The number of hydrogen-bond acceptors (Lipinski definition) is 3. The molecule has 0 unspecified atom stereocenters. The molecule has 24 heavy (non-hydrogen) atoms. The fraction of sp³-hybridized carbons (Fsp3) is 0.947. The van der Waals surface area contributed by atoms with Crippen molar-refractivity contribution in [3.05, 3.63) is 0 Å². The normalized spacial score (nSPS) is 18.2. The number of rotatable bonds is 8. The average Bonchev–Trinajstić information content (AvgIpc) is 2.38. The van der Waals surface area contributed by atoms with Crippen LogP contribution < -0.4 is 0 Å². The van der Waals surface area contributed by atoms with Gasteiger partial charge in [-0.25, -0.2) is 0 Å². The summed E-state index contributed by atoms with van der Waals surface area (Å²) in [6, 6.07) is 0. The predicted molar refractivity (Wildman–Crippen MR) is 110 cm³/mol. The number of carbonyl (C=O) groups excluding carboxylic acids is 1. The van der Waals surface area contributed by atoms with Gasteiger partial charge >= 0.3 is 0 Å². The lowest BCUT2D eigenvalue weighted by Crippen LogP contribution is -2.49. The van der Waals surface area contributed by atoms with Crippen molar-refractivity contribution in [1.29, 1.82) is 0 Å². The van der Waals surface area contributed by atoms with Crippen molar-refractivity contribution in [2.45, 2.75) is 97.8 Å². The van der Waals surface area contributed by atoms with Gasteiger partial charge in [0.15, 0.2) is 16.6 Å². The molecule has 0 aromatic heterocycles. The summed E-state index contributed by atoms with van der Waals surface area (Å²) in [6.45, 7) is 27.3. The summed E-state index contributed by atoms with van der Waals surface area (Å²) >= 11 is 0. The third-order valence-electron chi connectivity index (χ3n) is 6.04. The molecule has 3 atom stereocenters. The Morgan fingerprint density at radius 3 is 1.62 bits per heavy atom. The fourth-order valence-corrected chi connectivity index (χ4v) is 4.58. The van der Waals surface area contributed by atoms with E-state index >= 15 is 0 Å². The molecule has 0 saturated carbocycles. The lowest BCUT2D eigenvalue weighted by molar-refractivity contribution is -0.114. The van der Waals surface area contributed by atoms with Gasteiger partial charge in [0.2, 0.25) is 0 Å². The monoisotopic (exact) mass is 374 g/mol. The first kappa shape index (κ1) is 24.0. The van der Waals surface area contributed by atoms with Crippen molar-refractivity contribution in [2.75, 3.05) is 6.61 Å². The van der Waals surface area contributed by atoms with Crippen LogP contribution in [-0.2, 0) is 13.6 Å². The molecule has 0 rings (SSSR count). The molecule has 0 heterocycles. The van der Waals surface area contributed by atoms with E-state index in [9.17, 15) is 4.79 Å². The van der Waals surface area contributed by atoms with Crippen molar-refractivity contribution in [3.8, 4) is 0 Å². The van der Waals surface area contributed by atoms with Gasteiger partial charge in [-0.15, -0.1) is 0 Å². The van der Waals surface area contributed by atoms with Crippen LogP contribution in [0.5, 0.6) is 0 Å². The number of carbonyl (C=O) groups is 1. The van der Waals surface area contributed by atoms with Crippen LogP contribution in [0.15, 0.2) is 0 Å². The highest BCUT2D eigenvalue weighted by atomic mass is 28.4. The Bertz CT molecular complexity index is 406. The van der Waals surface area contributed by atoms with Gasteiger partial charge in [0, 0.05) is 18.4 Å². The molecule has 5 heteroatoms. The van der Waals surface area contributed by atoms with Crippen LogP contribution >= 0.6 is 0 Å². The standard InChI is InChI=1S/C19H42O3Si2/c1-15(13-20)17(22-24(11,12)19(6,7)8)16(2)14-21-23(9,10)18(3,4)5/h13,15-17H,14H2,1-12H3/t15-,16-,17+/m0/s1. The minimum absolute atomic E-state index is 0.0758. The molecule has 0 amide bonds. The van der Waals surface area contributed by atoms with E-state index in [0.29, 0.717) is 6.61 Å². The summed E-state index contributed by atoms with van der Waals surface area (Å²) < 4.78 is 13.0. The van der Waals surface area contributed by atoms with E-state index in [1.165, 1.54) is 0 Å². The summed E-state index contributed by atoms with van der Waals surface area (Å²) in [6.07, 6.45) is 0.953. The maximum Gasteiger partial charge on any atom is 0.192 e. The van der Waals surface area contributed by atoms with Crippen LogP contribution in [-0.4, -0.2) is 35.6 Å². The van der Waals surface area contributed by atoms with Crippen LogP contribution in [0.1, 0.15) is 55.4 Å². The molecule has 0 bridgehead atoms. The van der Waals surface area contributed by atoms with E-state index in [1.54, 1.807) is 0 Å². The first-order chi connectivity index (χ1) is 10.5. The molecule has 3 nitrogen and oxygen atoms in total. The maximum absolute atomic E-state index is 11.4. The van der Waals surface area contributed by atoms with Gasteiger partial charge in [-0.05, 0) is 36.3 Å². The van der Waals surface area contributed by atoms with E-state index in [2.05, 4.69) is 74.7 Å². The van der Waals surface area contributed by atoms with Crippen LogP contribution in [0.2, 0.25) is 36.3 Å². The van der Waals surface area contributed by atoms with Gasteiger partial charge in [-0.1, -0.05) is 55.4 Å². The van der Waals surface area contributed by atoms with E-state index in [-0.39, 0.29) is 28.0 Å². The van der Waals surface area contributed by atoms with Gasteiger partial charge in [-0.3, -0.25) is 0 Å². The zero-order valence-electron chi connectivity index (χ0n) is 18.2. The quantitative estimate of drug-likeness (QED) is 0.394. The van der Waals surface area contributed by atoms with Gasteiger partial charge in [0.1, 0.15) is 6.29 Å². The summed E-state index contributed by atoms with van der Waals surface area (Å²) in [5.74, 6) is 0.0885. The Labute approximate surface area is 153 Å². The van der Waals surface area contributed by atoms with E-state index in [1.807, 2.05) is 6.92 Å². The van der Waals surface area contributed by atoms with E-state index in [4.69, 9.17) is 8.85 Å². The summed E-state index contributed by atoms with van der Waals surface area (Å²) in [4.78, 5) is 11.4. The fourth-order valence-electron chi connectivity index (χ4n) is 1.99. The van der Waals surface area contributed by atoms with Crippen LogP contribution in [0.25, 0.3) is 0 Å². The molecule has 144 valence electrons. The molecular formula is C19H42O3Si2. The van der Waals surface area contributed by atoms with Crippen molar-refractivity contribution in [2.24, 2.45) is 11.8 Å². The summed E-state index contributed by atoms with van der Waals surface area (Å²) in [5.41, 5.74) is 0. The van der Waals surface area contributed by atoms with Gasteiger partial charge < -0.3 is 13.6 Å². The highest BCUT2D eigenvalue weighted by Crippen LogP contribution is 2.40. The van der Waals surface area contributed by atoms with Gasteiger partial charge in [0.25, 0.3) is 0 Å². The molecule has 0 fully saturated rings. The Morgan fingerprint density at radius 2 is 1.29 bits per heavy atom. The largest absolute Gasteiger partial charge is 0.416 e. The first-order valence-corrected chi connectivity index (χ1v) is 15.0. The molecule has 0 aliphatic carbocycles. The molecular weight excluding hydrogens is 332 g/mol. The van der Waals surface area contributed by atoms with Crippen molar-refractivity contribution >= 4 is 22.9 Å². The summed E-state index contributed by atoms with van der Waals surface area (Å²) in [7, 11) is -3.71. The minimum Gasteiger partial charge on any atom is -0.416 e. The van der Waals surface area contributed by atoms with Crippen molar-refractivity contribution in [1.82, 2.24) is 0 Å². The van der Waals surface area contributed by atoms with E-state index < -0.39 is 16.6 Å². The predicted octanol–water partition coefficient (Wildman–Crippen LogP) is 5.87.